The van der Waals surface area contributed by atoms with Gasteiger partial charge in [0, 0.05) is 29.8 Å². The molecule has 1 aliphatic carbocycles. The molecule has 0 radical (unpaired) electrons. The van der Waals surface area contributed by atoms with Crippen LogP contribution in [0, 0.1) is 13.8 Å². The third-order valence-corrected chi connectivity index (χ3v) is 6.36. The molecule has 5 rings (SSSR count). The first-order valence-electron chi connectivity index (χ1n) is 10.2. The summed E-state index contributed by atoms with van der Waals surface area (Å²) in [6.07, 6.45) is 6.25. The van der Waals surface area contributed by atoms with Crippen molar-refractivity contribution in [3.63, 3.8) is 0 Å². The standard InChI is InChI=1S/C23H25N5S/c1-15-13-19(16(2)28(15)18-9-10-18)22-21(20-8-4-6-12-25-20)26-23(29)27(22)14-17-7-3-5-11-24-17/h3-8,11-13,18,21-22H,9-10,14H2,1-2H3,(H,26,29)/t21-,22-/m1/s1. The van der Waals surface area contributed by atoms with Crippen LogP contribution in [0.15, 0.2) is 54.9 Å². The van der Waals surface area contributed by atoms with Gasteiger partial charge < -0.3 is 14.8 Å². The Balaban J connectivity index is 1.59. The molecule has 0 bridgehead atoms. The van der Waals surface area contributed by atoms with Crippen molar-refractivity contribution in [3.05, 3.63) is 83.2 Å². The van der Waals surface area contributed by atoms with Crippen LogP contribution in [0.5, 0.6) is 0 Å². The molecule has 0 amide bonds. The van der Waals surface area contributed by atoms with Gasteiger partial charge in [0.2, 0.25) is 0 Å². The summed E-state index contributed by atoms with van der Waals surface area (Å²) in [6, 6.07) is 15.2. The minimum Gasteiger partial charge on any atom is -0.352 e. The van der Waals surface area contributed by atoms with Crippen molar-refractivity contribution in [2.24, 2.45) is 0 Å². The average molecular weight is 404 g/mol. The second-order valence-electron chi connectivity index (χ2n) is 8.00. The van der Waals surface area contributed by atoms with E-state index >= 15 is 0 Å². The summed E-state index contributed by atoms with van der Waals surface area (Å²) in [5.74, 6) is 0. The Labute approximate surface area is 176 Å². The molecule has 1 N–H and O–H groups in total. The van der Waals surface area contributed by atoms with E-state index in [2.05, 4.69) is 56.8 Å². The molecular weight excluding hydrogens is 378 g/mol. The Morgan fingerprint density at radius 3 is 2.48 bits per heavy atom. The molecule has 148 valence electrons. The molecule has 1 aliphatic heterocycles. The lowest BCUT2D eigenvalue weighted by Gasteiger charge is -2.28. The highest BCUT2D eigenvalue weighted by molar-refractivity contribution is 7.80. The fraction of sp³-hybridized carbons (Fsp3) is 0.348. The van der Waals surface area contributed by atoms with E-state index in [0.717, 1.165) is 16.5 Å². The minimum absolute atomic E-state index is 0.0144. The van der Waals surface area contributed by atoms with Crippen molar-refractivity contribution in [2.75, 3.05) is 0 Å². The first-order chi connectivity index (χ1) is 14.1. The molecule has 3 aromatic heterocycles. The van der Waals surface area contributed by atoms with Gasteiger partial charge in [0.05, 0.1) is 30.0 Å². The fourth-order valence-electron chi connectivity index (χ4n) is 4.58. The molecule has 0 unspecified atom stereocenters. The first-order valence-corrected chi connectivity index (χ1v) is 10.6. The molecule has 3 aromatic rings. The van der Waals surface area contributed by atoms with Crippen LogP contribution >= 0.6 is 12.2 Å². The Hall–Kier alpha value is -2.73. The number of nitrogens with one attached hydrogen (secondary N) is 1. The van der Waals surface area contributed by atoms with Gasteiger partial charge in [-0.05, 0) is 74.8 Å². The maximum absolute atomic E-state index is 5.79. The highest BCUT2D eigenvalue weighted by Crippen LogP contribution is 2.44. The molecule has 0 aromatic carbocycles. The van der Waals surface area contributed by atoms with E-state index in [4.69, 9.17) is 12.2 Å². The maximum Gasteiger partial charge on any atom is 0.170 e. The normalized spacial score (nSPS) is 21.4. The zero-order valence-electron chi connectivity index (χ0n) is 16.7. The average Bonchev–Trinajstić information content (AvgIpc) is 3.46. The largest absolute Gasteiger partial charge is 0.352 e. The Morgan fingerprint density at radius 1 is 1.07 bits per heavy atom. The monoisotopic (exact) mass is 403 g/mol. The number of aryl methyl sites for hydroxylation is 1. The SMILES string of the molecule is Cc1cc([C@@H]2[C@@H](c3ccccn3)NC(=S)N2Cc2ccccn2)c(C)n1C1CC1. The lowest BCUT2D eigenvalue weighted by molar-refractivity contribution is 0.307. The summed E-state index contributed by atoms with van der Waals surface area (Å²) < 4.78 is 2.51. The third kappa shape index (κ3) is 3.31. The number of hydrogen-bond acceptors (Lipinski definition) is 3. The van der Waals surface area contributed by atoms with Crippen molar-refractivity contribution in [2.45, 2.75) is 51.4 Å². The van der Waals surface area contributed by atoms with Crippen molar-refractivity contribution in [3.8, 4) is 0 Å². The van der Waals surface area contributed by atoms with E-state index in [1.165, 1.54) is 29.8 Å². The predicted octanol–water partition coefficient (Wildman–Crippen LogP) is 4.40. The molecule has 0 spiro atoms. The van der Waals surface area contributed by atoms with E-state index in [0.29, 0.717) is 12.6 Å². The summed E-state index contributed by atoms with van der Waals surface area (Å²) in [7, 11) is 0. The molecule has 29 heavy (non-hydrogen) atoms. The van der Waals surface area contributed by atoms with E-state index in [1.54, 1.807) is 0 Å². The lowest BCUT2D eigenvalue weighted by Crippen LogP contribution is -2.29. The van der Waals surface area contributed by atoms with Crippen LogP contribution < -0.4 is 5.32 Å². The molecule has 2 fully saturated rings. The van der Waals surface area contributed by atoms with E-state index in [1.807, 2.05) is 36.7 Å². The number of pyridine rings is 2. The molecule has 5 nitrogen and oxygen atoms in total. The van der Waals surface area contributed by atoms with Gasteiger partial charge in [-0.3, -0.25) is 9.97 Å². The van der Waals surface area contributed by atoms with Crippen LogP contribution in [0.25, 0.3) is 0 Å². The molecule has 6 heteroatoms. The molecule has 4 heterocycles. The van der Waals surface area contributed by atoms with Crippen molar-refractivity contribution in [1.29, 1.82) is 0 Å². The lowest BCUT2D eigenvalue weighted by atomic mass is 9.96. The Bertz CT molecular complexity index is 1030. The molecule has 2 aliphatic rings. The molecule has 2 atom stereocenters. The van der Waals surface area contributed by atoms with Crippen LogP contribution in [0.2, 0.25) is 0 Å². The van der Waals surface area contributed by atoms with Gasteiger partial charge in [-0.1, -0.05) is 12.1 Å². The second kappa shape index (κ2) is 7.26. The van der Waals surface area contributed by atoms with E-state index in [9.17, 15) is 0 Å². The summed E-state index contributed by atoms with van der Waals surface area (Å²) >= 11 is 5.79. The van der Waals surface area contributed by atoms with Crippen LogP contribution in [-0.4, -0.2) is 24.5 Å². The van der Waals surface area contributed by atoms with Gasteiger partial charge >= 0.3 is 0 Å². The van der Waals surface area contributed by atoms with Gasteiger partial charge in [-0.15, -0.1) is 0 Å². The zero-order chi connectivity index (χ0) is 20.0. The van der Waals surface area contributed by atoms with E-state index < -0.39 is 0 Å². The summed E-state index contributed by atoms with van der Waals surface area (Å²) in [6.45, 7) is 5.14. The van der Waals surface area contributed by atoms with Crippen molar-refractivity contribution < 1.29 is 0 Å². The number of aromatic nitrogens is 3. The van der Waals surface area contributed by atoms with Gasteiger partial charge in [0.25, 0.3) is 0 Å². The first kappa shape index (κ1) is 18.3. The quantitative estimate of drug-likeness (QED) is 0.640. The van der Waals surface area contributed by atoms with Crippen molar-refractivity contribution in [1.82, 2.24) is 24.8 Å². The van der Waals surface area contributed by atoms with Gasteiger partial charge in [-0.2, -0.15) is 0 Å². The van der Waals surface area contributed by atoms with Gasteiger partial charge in [0.15, 0.2) is 5.11 Å². The molecule has 1 saturated heterocycles. The van der Waals surface area contributed by atoms with Crippen molar-refractivity contribution >= 4 is 17.3 Å². The van der Waals surface area contributed by atoms with Crippen LogP contribution in [-0.2, 0) is 6.54 Å². The summed E-state index contributed by atoms with van der Waals surface area (Å²) in [4.78, 5) is 11.5. The number of rotatable bonds is 5. The van der Waals surface area contributed by atoms with Gasteiger partial charge in [-0.25, -0.2) is 0 Å². The van der Waals surface area contributed by atoms with E-state index in [-0.39, 0.29) is 12.1 Å². The van der Waals surface area contributed by atoms with Crippen LogP contribution in [0.1, 0.15) is 59.3 Å². The Morgan fingerprint density at radius 2 is 1.83 bits per heavy atom. The minimum atomic E-state index is 0.0144. The maximum atomic E-state index is 5.79. The fourth-order valence-corrected chi connectivity index (χ4v) is 4.88. The highest BCUT2D eigenvalue weighted by Gasteiger charge is 2.42. The second-order valence-corrected chi connectivity index (χ2v) is 8.39. The van der Waals surface area contributed by atoms with Gasteiger partial charge in [0.1, 0.15) is 0 Å². The highest BCUT2D eigenvalue weighted by atomic mass is 32.1. The number of hydrogen-bond donors (Lipinski definition) is 1. The topological polar surface area (TPSA) is 46.0 Å². The summed E-state index contributed by atoms with van der Waals surface area (Å²) in [5, 5.41) is 4.30. The van der Waals surface area contributed by atoms with Crippen LogP contribution in [0.3, 0.4) is 0 Å². The summed E-state index contributed by atoms with van der Waals surface area (Å²) in [5.41, 5.74) is 6.02. The Kier molecular flexibility index (Phi) is 4.59. The molecular formula is C23H25N5S. The van der Waals surface area contributed by atoms with Crippen LogP contribution in [0.4, 0.5) is 0 Å². The smallest absolute Gasteiger partial charge is 0.170 e. The number of nitrogens with zero attached hydrogens (tertiary/aromatic N) is 4. The zero-order valence-corrected chi connectivity index (χ0v) is 17.6. The number of thiocarbonyl (C=S) groups is 1. The third-order valence-electron chi connectivity index (χ3n) is 6.01. The molecule has 1 saturated carbocycles. The predicted molar refractivity (Wildman–Crippen MR) is 117 cm³/mol.